The van der Waals surface area contributed by atoms with Crippen molar-refractivity contribution in [3.05, 3.63) is 188 Å². The molecular formula is C51H31N5O. The fraction of sp³-hybridized carbons (Fsp3) is 0. The fourth-order valence-corrected chi connectivity index (χ4v) is 8.77. The van der Waals surface area contributed by atoms with Gasteiger partial charge in [-0.05, 0) is 54.6 Å². The van der Waals surface area contributed by atoms with E-state index in [1.807, 2.05) is 60.7 Å². The normalized spacial score (nSPS) is 11.9. The van der Waals surface area contributed by atoms with E-state index in [9.17, 15) is 0 Å². The molecule has 8 aromatic carbocycles. The van der Waals surface area contributed by atoms with Crippen LogP contribution in [0.5, 0.6) is 0 Å². The number of fused-ring (bicyclic) bond motifs is 10. The molecule has 0 spiro atoms. The largest absolute Gasteiger partial charge is 0.456 e. The second kappa shape index (κ2) is 12.3. The third-order valence-electron chi connectivity index (χ3n) is 11.2. The first kappa shape index (κ1) is 31.5. The van der Waals surface area contributed by atoms with Gasteiger partial charge in [-0.15, -0.1) is 0 Å². The molecular weight excluding hydrogens is 699 g/mol. The lowest BCUT2D eigenvalue weighted by atomic mass is 10.0. The van der Waals surface area contributed by atoms with E-state index >= 15 is 0 Å². The Morgan fingerprint density at radius 3 is 1.56 bits per heavy atom. The molecule has 0 radical (unpaired) electrons. The predicted molar refractivity (Wildman–Crippen MR) is 232 cm³/mol. The second-order valence-corrected chi connectivity index (χ2v) is 14.4. The van der Waals surface area contributed by atoms with E-state index in [1.54, 1.807) is 0 Å². The van der Waals surface area contributed by atoms with Crippen LogP contribution in [-0.2, 0) is 0 Å². The van der Waals surface area contributed by atoms with Gasteiger partial charge in [0.2, 0.25) is 0 Å². The lowest BCUT2D eigenvalue weighted by molar-refractivity contribution is 0.669. The number of nitrogens with zero attached hydrogens (tertiary/aromatic N) is 5. The quantitative estimate of drug-likeness (QED) is 0.177. The van der Waals surface area contributed by atoms with Gasteiger partial charge in [-0.1, -0.05) is 133 Å². The summed E-state index contributed by atoms with van der Waals surface area (Å²) in [6.45, 7) is 0. The molecule has 57 heavy (non-hydrogen) atoms. The van der Waals surface area contributed by atoms with Gasteiger partial charge in [-0.2, -0.15) is 0 Å². The van der Waals surface area contributed by atoms with E-state index in [1.165, 1.54) is 10.8 Å². The van der Waals surface area contributed by atoms with Crippen molar-refractivity contribution in [2.75, 3.05) is 0 Å². The van der Waals surface area contributed by atoms with E-state index in [-0.39, 0.29) is 0 Å². The van der Waals surface area contributed by atoms with Crippen LogP contribution in [0.25, 0.3) is 111 Å². The van der Waals surface area contributed by atoms with Crippen LogP contribution in [0.15, 0.2) is 192 Å². The third-order valence-corrected chi connectivity index (χ3v) is 11.2. The van der Waals surface area contributed by atoms with Crippen molar-refractivity contribution < 1.29 is 4.42 Å². The third kappa shape index (κ3) is 4.74. The van der Waals surface area contributed by atoms with E-state index in [2.05, 4.69) is 137 Å². The molecule has 0 saturated heterocycles. The van der Waals surface area contributed by atoms with Crippen molar-refractivity contribution in [2.45, 2.75) is 0 Å². The van der Waals surface area contributed by atoms with Crippen LogP contribution < -0.4 is 0 Å². The smallest absolute Gasteiger partial charge is 0.166 e. The highest BCUT2D eigenvalue weighted by Gasteiger charge is 2.25. The maximum absolute atomic E-state index is 6.78. The lowest BCUT2D eigenvalue weighted by Gasteiger charge is -2.12. The molecule has 6 heteroatoms. The monoisotopic (exact) mass is 729 g/mol. The molecule has 0 unspecified atom stereocenters. The maximum Gasteiger partial charge on any atom is 0.166 e. The minimum atomic E-state index is 0.604. The summed E-state index contributed by atoms with van der Waals surface area (Å²) in [5, 5.41) is 6.77. The van der Waals surface area contributed by atoms with Crippen LogP contribution in [0.2, 0.25) is 0 Å². The molecule has 0 atom stereocenters. The second-order valence-electron chi connectivity index (χ2n) is 14.4. The molecule has 0 aliphatic heterocycles. The van der Waals surface area contributed by atoms with Gasteiger partial charge >= 0.3 is 0 Å². The molecule has 4 aromatic heterocycles. The number of furan rings is 1. The summed E-state index contributed by atoms with van der Waals surface area (Å²) >= 11 is 0. The standard InChI is InChI=1S/C51H31N5O/c1-4-16-32(17-5-1)49-52-50(33-18-6-2-7-19-33)54-51(53-49)38-25-14-24-37-45-42(55(48(37)38)34-20-8-3-9-21-34)30-31-44-47(45)46-41(28-15-29-43(46)57-44)56-39-26-12-10-22-35(39)36-23-11-13-27-40(36)56/h1-31H. The Labute approximate surface area is 326 Å². The molecule has 0 fully saturated rings. The number of benzene rings is 8. The van der Waals surface area contributed by atoms with E-state index in [0.717, 1.165) is 82.8 Å². The van der Waals surface area contributed by atoms with Crippen molar-refractivity contribution in [3.63, 3.8) is 0 Å². The molecule has 0 amide bonds. The number of hydrogen-bond donors (Lipinski definition) is 0. The zero-order valence-electron chi connectivity index (χ0n) is 30.5. The summed E-state index contributed by atoms with van der Waals surface area (Å²) in [5.41, 5.74) is 10.9. The summed E-state index contributed by atoms with van der Waals surface area (Å²) in [6, 6.07) is 65.3. The Hall–Kier alpha value is -7.83. The Balaban J connectivity index is 1.22. The molecule has 4 heterocycles. The van der Waals surface area contributed by atoms with Crippen LogP contribution >= 0.6 is 0 Å². The van der Waals surface area contributed by atoms with Gasteiger partial charge in [-0.25, -0.2) is 15.0 Å². The average Bonchev–Trinajstić information content (AvgIpc) is 3.95. The van der Waals surface area contributed by atoms with Gasteiger partial charge < -0.3 is 13.6 Å². The summed E-state index contributed by atoms with van der Waals surface area (Å²) in [7, 11) is 0. The van der Waals surface area contributed by atoms with Crippen molar-refractivity contribution in [3.8, 4) is 45.5 Å². The van der Waals surface area contributed by atoms with Gasteiger partial charge in [0, 0.05) is 49.3 Å². The molecule has 0 aliphatic carbocycles. The van der Waals surface area contributed by atoms with Crippen molar-refractivity contribution in [1.29, 1.82) is 0 Å². The molecule has 0 aliphatic rings. The summed E-state index contributed by atoms with van der Waals surface area (Å²) in [6.07, 6.45) is 0. The lowest BCUT2D eigenvalue weighted by Crippen LogP contribution is -2.02. The van der Waals surface area contributed by atoms with Crippen LogP contribution in [0, 0.1) is 0 Å². The SMILES string of the molecule is c1ccc(-c2nc(-c3ccccc3)nc(-c3cccc4c5c6c(ccc5n(-c5ccccc5)c34)oc3cccc(-n4c5ccccc5c5ccccc54)c36)n2)cc1. The fourth-order valence-electron chi connectivity index (χ4n) is 8.77. The van der Waals surface area contributed by atoms with Crippen LogP contribution in [-0.4, -0.2) is 24.1 Å². The van der Waals surface area contributed by atoms with Crippen molar-refractivity contribution in [2.24, 2.45) is 0 Å². The summed E-state index contributed by atoms with van der Waals surface area (Å²) in [4.78, 5) is 15.4. The zero-order valence-corrected chi connectivity index (χ0v) is 30.5. The Morgan fingerprint density at radius 2 is 0.895 bits per heavy atom. The molecule has 12 aromatic rings. The van der Waals surface area contributed by atoms with Gasteiger partial charge in [0.25, 0.3) is 0 Å². The van der Waals surface area contributed by atoms with Crippen molar-refractivity contribution >= 4 is 65.6 Å². The Kier molecular flexibility index (Phi) is 6.83. The minimum absolute atomic E-state index is 0.604. The zero-order chi connectivity index (χ0) is 37.5. The highest BCUT2D eigenvalue weighted by atomic mass is 16.3. The average molecular weight is 730 g/mol. The molecule has 266 valence electrons. The highest BCUT2D eigenvalue weighted by Crippen LogP contribution is 2.46. The maximum atomic E-state index is 6.78. The van der Waals surface area contributed by atoms with E-state index < -0.39 is 0 Å². The van der Waals surface area contributed by atoms with E-state index in [4.69, 9.17) is 19.4 Å². The van der Waals surface area contributed by atoms with Gasteiger partial charge in [0.1, 0.15) is 11.2 Å². The van der Waals surface area contributed by atoms with Crippen LogP contribution in [0.3, 0.4) is 0 Å². The number of aromatic nitrogens is 5. The number of hydrogen-bond acceptors (Lipinski definition) is 4. The van der Waals surface area contributed by atoms with Gasteiger partial charge in [0.15, 0.2) is 17.5 Å². The molecule has 0 N–H and O–H groups in total. The van der Waals surface area contributed by atoms with Crippen molar-refractivity contribution in [1.82, 2.24) is 24.1 Å². The highest BCUT2D eigenvalue weighted by molar-refractivity contribution is 6.30. The molecule has 0 saturated carbocycles. The molecule has 12 rings (SSSR count). The molecule has 6 nitrogen and oxygen atoms in total. The summed E-state index contributed by atoms with van der Waals surface area (Å²) < 4.78 is 11.5. The van der Waals surface area contributed by atoms with Crippen LogP contribution in [0.1, 0.15) is 0 Å². The van der Waals surface area contributed by atoms with Crippen LogP contribution in [0.4, 0.5) is 0 Å². The first-order valence-corrected chi connectivity index (χ1v) is 19.1. The predicted octanol–water partition coefficient (Wildman–Crippen LogP) is 13.0. The first-order chi connectivity index (χ1) is 28.3. The Bertz CT molecular complexity index is 3400. The number of para-hydroxylation sites is 4. The van der Waals surface area contributed by atoms with Gasteiger partial charge in [0.05, 0.1) is 33.1 Å². The Morgan fingerprint density at radius 1 is 0.351 bits per heavy atom. The van der Waals surface area contributed by atoms with Gasteiger partial charge in [-0.3, -0.25) is 0 Å². The van der Waals surface area contributed by atoms with E-state index in [0.29, 0.717) is 17.5 Å². The first-order valence-electron chi connectivity index (χ1n) is 19.1. The molecule has 0 bridgehead atoms. The summed E-state index contributed by atoms with van der Waals surface area (Å²) in [5.74, 6) is 1.85. The minimum Gasteiger partial charge on any atom is -0.456 e. The number of rotatable bonds is 5. The topological polar surface area (TPSA) is 61.7 Å².